The van der Waals surface area contributed by atoms with Crippen LogP contribution in [0.15, 0.2) is 65.8 Å². The summed E-state index contributed by atoms with van der Waals surface area (Å²) in [4.78, 5) is 4.35. The van der Waals surface area contributed by atoms with Crippen molar-refractivity contribution in [2.45, 2.75) is 19.5 Å². The lowest BCUT2D eigenvalue weighted by Crippen LogP contribution is -2.38. The van der Waals surface area contributed by atoms with Gasteiger partial charge in [0.1, 0.15) is 0 Å². The van der Waals surface area contributed by atoms with Crippen LogP contribution in [-0.2, 0) is 13.6 Å². The summed E-state index contributed by atoms with van der Waals surface area (Å²) in [5, 5.41) is 9.40. The first-order chi connectivity index (χ1) is 11.7. The maximum absolute atomic E-state index is 4.35. The van der Waals surface area contributed by atoms with E-state index in [0.717, 1.165) is 12.5 Å². The van der Waals surface area contributed by atoms with Crippen LogP contribution in [0.2, 0.25) is 0 Å². The molecule has 25 heavy (non-hydrogen) atoms. The van der Waals surface area contributed by atoms with Crippen molar-refractivity contribution in [2.75, 3.05) is 7.05 Å². The Bertz CT molecular complexity index is 848. The van der Waals surface area contributed by atoms with E-state index in [9.17, 15) is 0 Å². The van der Waals surface area contributed by atoms with E-state index in [2.05, 4.69) is 75.6 Å². The number of fused-ring (bicyclic) bond motifs is 1. The summed E-state index contributed by atoms with van der Waals surface area (Å²) in [6.07, 6.45) is 2.05. The number of nitrogens with one attached hydrogen (secondary N) is 2. The molecule has 1 unspecified atom stereocenters. The van der Waals surface area contributed by atoms with Crippen molar-refractivity contribution in [3.63, 3.8) is 0 Å². The van der Waals surface area contributed by atoms with Crippen LogP contribution in [0, 0.1) is 0 Å². The molecule has 3 aromatic rings. The van der Waals surface area contributed by atoms with Crippen LogP contribution < -0.4 is 10.6 Å². The maximum atomic E-state index is 4.35. The molecule has 2 N–H and O–H groups in total. The van der Waals surface area contributed by atoms with E-state index in [-0.39, 0.29) is 30.0 Å². The lowest BCUT2D eigenvalue weighted by Gasteiger charge is -2.20. The largest absolute Gasteiger partial charge is 0.353 e. The van der Waals surface area contributed by atoms with Gasteiger partial charge >= 0.3 is 0 Å². The number of aromatic nitrogens is 1. The Labute approximate surface area is 166 Å². The van der Waals surface area contributed by atoms with Crippen LogP contribution in [0.4, 0.5) is 0 Å². The second-order valence-corrected chi connectivity index (χ2v) is 5.97. The summed E-state index contributed by atoms with van der Waals surface area (Å²) >= 11 is 0. The molecule has 0 aliphatic rings. The lowest BCUT2D eigenvalue weighted by atomic mass is 10.00. The van der Waals surface area contributed by atoms with E-state index < -0.39 is 0 Å². The molecule has 0 saturated heterocycles. The fourth-order valence-electron chi connectivity index (χ4n) is 2.96. The van der Waals surface area contributed by atoms with Gasteiger partial charge in [0.05, 0.1) is 12.6 Å². The van der Waals surface area contributed by atoms with Gasteiger partial charge in [0, 0.05) is 26.0 Å². The molecule has 0 radical (unpaired) electrons. The molecule has 1 aromatic heterocycles. The van der Waals surface area contributed by atoms with Crippen LogP contribution in [0.1, 0.15) is 24.2 Å². The van der Waals surface area contributed by atoms with E-state index in [1.807, 2.05) is 19.3 Å². The van der Waals surface area contributed by atoms with Gasteiger partial charge in [-0.05, 0) is 35.4 Å². The van der Waals surface area contributed by atoms with Crippen molar-refractivity contribution < 1.29 is 0 Å². The summed E-state index contributed by atoms with van der Waals surface area (Å²) in [5.41, 5.74) is 2.49. The molecule has 4 nitrogen and oxygen atoms in total. The molecule has 0 aliphatic carbocycles. The molecule has 0 saturated carbocycles. The normalized spacial score (nSPS) is 12.5. The quantitative estimate of drug-likeness (QED) is 0.357. The molecule has 132 valence electrons. The summed E-state index contributed by atoms with van der Waals surface area (Å²) in [6.45, 7) is 2.91. The van der Waals surface area contributed by atoms with Crippen LogP contribution in [0.5, 0.6) is 0 Å². The summed E-state index contributed by atoms with van der Waals surface area (Å²) in [5.74, 6) is 0.802. The Morgan fingerprint density at radius 1 is 1.08 bits per heavy atom. The monoisotopic (exact) mass is 448 g/mol. The first-order valence-corrected chi connectivity index (χ1v) is 8.24. The average molecular weight is 448 g/mol. The number of benzene rings is 2. The number of nitrogens with zero attached hydrogens (tertiary/aromatic N) is 2. The zero-order valence-electron chi connectivity index (χ0n) is 14.9. The van der Waals surface area contributed by atoms with Gasteiger partial charge in [-0.15, -0.1) is 24.0 Å². The molecule has 1 heterocycles. The fourth-order valence-corrected chi connectivity index (χ4v) is 2.96. The minimum atomic E-state index is 0. The average Bonchev–Trinajstić information content (AvgIpc) is 3.02. The van der Waals surface area contributed by atoms with Gasteiger partial charge in [0.25, 0.3) is 0 Å². The van der Waals surface area contributed by atoms with Crippen LogP contribution in [0.3, 0.4) is 0 Å². The third-order valence-electron chi connectivity index (χ3n) is 4.35. The van der Waals surface area contributed by atoms with Gasteiger partial charge in [0.2, 0.25) is 0 Å². The van der Waals surface area contributed by atoms with E-state index in [4.69, 9.17) is 0 Å². The van der Waals surface area contributed by atoms with Crippen molar-refractivity contribution >= 4 is 40.7 Å². The van der Waals surface area contributed by atoms with E-state index in [1.54, 1.807) is 7.05 Å². The van der Waals surface area contributed by atoms with Crippen molar-refractivity contribution in [3.05, 3.63) is 72.1 Å². The molecule has 0 fully saturated rings. The van der Waals surface area contributed by atoms with Crippen molar-refractivity contribution in [1.29, 1.82) is 0 Å². The highest BCUT2D eigenvalue weighted by Crippen LogP contribution is 2.23. The van der Waals surface area contributed by atoms with Crippen LogP contribution in [-0.4, -0.2) is 17.6 Å². The van der Waals surface area contributed by atoms with E-state index in [1.165, 1.54) is 22.0 Å². The minimum Gasteiger partial charge on any atom is -0.353 e. The summed E-state index contributed by atoms with van der Waals surface area (Å²) in [6, 6.07) is 19.2. The molecular weight excluding hydrogens is 423 g/mol. The molecule has 0 amide bonds. The standard InChI is InChI=1S/C20H24N4.HI/c1-15(18-12-6-9-16-8-4-5-11-19(16)18)23-20(21-2)22-14-17-10-7-13-24(17)3;/h4-13,15H,14H2,1-3H3,(H2,21,22,23);1H. The second-order valence-electron chi connectivity index (χ2n) is 5.97. The van der Waals surface area contributed by atoms with Crippen LogP contribution >= 0.6 is 24.0 Å². The van der Waals surface area contributed by atoms with Gasteiger partial charge in [-0.2, -0.15) is 0 Å². The predicted octanol–water partition coefficient (Wildman–Crippen LogP) is 4.22. The zero-order chi connectivity index (χ0) is 16.9. The van der Waals surface area contributed by atoms with Crippen molar-refractivity contribution in [2.24, 2.45) is 12.0 Å². The molecule has 3 rings (SSSR count). The lowest BCUT2D eigenvalue weighted by molar-refractivity contribution is 0.680. The number of hydrogen-bond acceptors (Lipinski definition) is 1. The topological polar surface area (TPSA) is 41.4 Å². The number of halogens is 1. The highest BCUT2D eigenvalue weighted by molar-refractivity contribution is 14.0. The fraction of sp³-hybridized carbons (Fsp3) is 0.250. The molecule has 0 spiro atoms. The highest BCUT2D eigenvalue weighted by Gasteiger charge is 2.11. The zero-order valence-corrected chi connectivity index (χ0v) is 17.2. The Hall–Kier alpha value is -2.02. The van der Waals surface area contributed by atoms with Gasteiger partial charge in [-0.3, -0.25) is 4.99 Å². The Balaban J connectivity index is 0.00000225. The first-order valence-electron chi connectivity index (χ1n) is 8.24. The Morgan fingerprint density at radius 3 is 2.56 bits per heavy atom. The molecular formula is C20H25IN4. The van der Waals surface area contributed by atoms with E-state index >= 15 is 0 Å². The van der Waals surface area contributed by atoms with Crippen molar-refractivity contribution in [3.8, 4) is 0 Å². The molecule has 2 aromatic carbocycles. The number of hydrogen-bond donors (Lipinski definition) is 2. The SMILES string of the molecule is CN=C(NCc1cccn1C)NC(C)c1cccc2ccccc12.I. The van der Waals surface area contributed by atoms with Gasteiger partial charge < -0.3 is 15.2 Å². The van der Waals surface area contributed by atoms with Crippen LogP contribution in [0.25, 0.3) is 10.8 Å². The molecule has 1 atom stereocenters. The molecule has 5 heteroatoms. The van der Waals surface area contributed by atoms with Gasteiger partial charge in [-0.1, -0.05) is 42.5 Å². The highest BCUT2D eigenvalue weighted by atomic mass is 127. The number of aryl methyl sites for hydroxylation is 1. The van der Waals surface area contributed by atoms with Gasteiger partial charge in [-0.25, -0.2) is 0 Å². The first kappa shape index (κ1) is 19.3. The van der Waals surface area contributed by atoms with Crippen molar-refractivity contribution in [1.82, 2.24) is 15.2 Å². The predicted molar refractivity (Wildman–Crippen MR) is 117 cm³/mol. The summed E-state index contributed by atoms with van der Waals surface area (Å²) < 4.78 is 2.11. The second kappa shape index (κ2) is 8.89. The Kier molecular flexibility index (Phi) is 6.87. The molecule has 0 aliphatic heterocycles. The maximum Gasteiger partial charge on any atom is 0.191 e. The minimum absolute atomic E-state index is 0. The van der Waals surface area contributed by atoms with E-state index in [0.29, 0.717) is 0 Å². The third-order valence-corrected chi connectivity index (χ3v) is 4.35. The van der Waals surface area contributed by atoms with Gasteiger partial charge in [0.15, 0.2) is 5.96 Å². The number of rotatable bonds is 4. The Morgan fingerprint density at radius 2 is 1.84 bits per heavy atom. The summed E-state index contributed by atoms with van der Waals surface area (Å²) in [7, 11) is 3.85. The number of aliphatic imine (C=N–C) groups is 1. The smallest absolute Gasteiger partial charge is 0.191 e. The molecule has 0 bridgehead atoms. The number of guanidine groups is 1. The third kappa shape index (κ3) is 4.54.